The second-order valence-electron chi connectivity index (χ2n) is 15.3. The summed E-state index contributed by atoms with van der Waals surface area (Å²) >= 11 is 0. The van der Waals surface area contributed by atoms with Gasteiger partial charge in [-0.3, -0.25) is 9.80 Å². The van der Waals surface area contributed by atoms with E-state index in [-0.39, 0.29) is 12.1 Å². The van der Waals surface area contributed by atoms with Gasteiger partial charge in [0.2, 0.25) is 5.75 Å². The largest absolute Gasteiger partial charge is 0.493 e. The van der Waals surface area contributed by atoms with Crippen molar-refractivity contribution in [2.75, 3.05) is 80.7 Å². The molecule has 0 spiro atoms. The molecule has 0 unspecified atom stereocenters. The number of piperazine rings is 1. The molecule has 9 nitrogen and oxygen atoms in total. The van der Waals surface area contributed by atoms with Crippen LogP contribution in [0.3, 0.4) is 0 Å². The van der Waals surface area contributed by atoms with Crippen molar-refractivity contribution in [3.63, 3.8) is 0 Å². The van der Waals surface area contributed by atoms with Gasteiger partial charge < -0.3 is 33.5 Å². The number of nitrogens with zero attached hydrogens (tertiary/aromatic N) is 4. The van der Waals surface area contributed by atoms with Crippen LogP contribution in [0.25, 0.3) is 0 Å². The third-order valence-electron chi connectivity index (χ3n) is 11.9. The van der Waals surface area contributed by atoms with Gasteiger partial charge in [-0.25, -0.2) is 0 Å². The summed E-state index contributed by atoms with van der Waals surface area (Å²) in [4.78, 5) is 9.84. The Hall–Kier alpha value is -4.28. The zero-order valence-electron chi connectivity index (χ0n) is 31.0. The Morgan fingerprint density at radius 1 is 0.654 bits per heavy atom. The molecule has 2 atom stereocenters. The van der Waals surface area contributed by atoms with Gasteiger partial charge in [0, 0.05) is 63.5 Å². The Morgan fingerprint density at radius 3 is 2.17 bits per heavy atom. The fourth-order valence-electron chi connectivity index (χ4n) is 8.70. The van der Waals surface area contributed by atoms with Gasteiger partial charge in [0.05, 0.1) is 13.7 Å². The van der Waals surface area contributed by atoms with Crippen LogP contribution in [0.15, 0.2) is 60.7 Å². The highest BCUT2D eigenvalue weighted by Crippen LogP contribution is 2.56. The number of fused-ring (bicyclic) bond motifs is 2. The van der Waals surface area contributed by atoms with Crippen LogP contribution in [0.1, 0.15) is 51.9 Å². The van der Waals surface area contributed by atoms with Gasteiger partial charge in [0.25, 0.3) is 0 Å². The molecule has 4 aromatic rings. The summed E-state index contributed by atoms with van der Waals surface area (Å²) in [5.74, 6) is 6.05. The van der Waals surface area contributed by atoms with Crippen molar-refractivity contribution in [1.82, 2.24) is 19.6 Å². The number of likely N-dealkylation sites (N-methyl/N-ethyl adjacent to an activating group) is 3. The van der Waals surface area contributed by atoms with E-state index >= 15 is 0 Å². The van der Waals surface area contributed by atoms with Gasteiger partial charge in [0.15, 0.2) is 34.5 Å². The number of hydrogen-bond donors (Lipinski definition) is 0. The lowest BCUT2D eigenvalue weighted by Gasteiger charge is -2.39. The normalized spacial score (nSPS) is 21.5. The Bertz CT molecular complexity index is 1960. The lowest BCUT2D eigenvalue weighted by atomic mass is 9.86. The van der Waals surface area contributed by atoms with E-state index in [0.717, 1.165) is 118 Å². The van der Waals surface area contributed by atoms with Crippen LogP contribution < -0.4 is 23.7 Å². The number of methoxy groups -OCH3 is 1. The minimum atomic E-state index is 0.109. The first-order valence-corrected chi connectivity index (χ1v) is 19.0. The molecule has 6 aliphatic rings. The molecular formula is C43H50N4O5. The van der Waals surface area contributed by atoms with Crippen LogP contribution >= 0.6 is 0 Å². The topological polar surface area (TPSA) is 59.1 Å². The van der Waals surface area contributed by atoms with Gasteiger partial charge in [-0.15, -0.1) is 0 Å². The van der Waals surface area contributed by atoms with Crippen molar-refractivity contribution in [3.05, 3.63) is 94.0 Å². The van der Waals surface area contributed by atoms with Crippen LogP contribution in [-0.2, 0) is 25.7 Å². The van der Waals surface area contributed by atoms with E-state index in [1.165, 1.54) is 33.4 Å². The second-order valence-corrected chi connectivity index (χ2v) is 15.3. The number of ether oxygens (including phenoxy) is 5. The molecule has 7 bridgehead atoms. The molecule has 0 aromatic heterocycles. The van der Waals surface area contributed by atoms with Crippen molar-refractivity contribution in [2.45, 2.75) is 44.2 Å². The highest BCUT2D eigenvalue weighted by atomic mass is 16.6. The van der Waals surface area contributed by atoms with Gasteiger partial charge in [0.1, 0.15) is 5.75 Å². The van der Waals surface area contributed by atoms with E-state index in [1.807, 2.05) is 0 Å². The predicted octanol–water partition coefficient (Wildman–Crippen LogP) is 7.26. The quantitative estimate of drug-likeness (QED) is 0.170. The molecule has 0 amide bonds. The SMILES string of the molecule is COc1cc2c3c4c1Oc1cc5c(cc1O4)[C@H](Cc1ccc(OCCCN4CCN(C)CC4)c(c1)Oc1ccc(cc1)C[C@@H]3N(C)CC2)N(C)CC5. The molecule has 10 rings (SSSR count). The van der Waals surface area contributed by atoms with Crippen molar-refractivity contribution >= 4 is 0 Å². The third-order valence-corrected chi connectivity index (χ3v) is 11.9. The first-order chi connectivity index (χ1) is 25.4. The van der Waals surface area contributed by atoms with E-state index in [0.29, 0.717) is 12.4 Å². The van der Waals surface area contributed by atoms with Crippen LogP contribution in [0.4, 0.5) is 0 Å². The number of benzene rings is 4. The first kappa shape index (κ1) is 33.5. The average Bonchev–Trinajstić information content (AvgIpc) is 3.15. The van der Waals surface area contributed by atoms with E-state index < -0.39 is 0 Å². The molecule has 6 aliphatic heterocycles. The van der Waals surface area contributed by atoms with E-state index in [4.69, 9.17) is 23.7 Å². The highest BCUT2D eigenvalue weighted by molar-refractivity contribution is 5.67. The average molecular weight is 703 g/mol. The van der Waals surface area contributed by atoms with Crippen LogP contribution in [-0.4, -0.2) is 100 Å². The molecule has 4 aromatic carbocycles. The van der Waals surface area contributed by atoms with Crippen LogP contribution in [0.5, 0.6) is 46.0 Å². The molecule has 6 heterocycles. The zero-order valence-corrected chi connectivity index (χ0v) is 31.0. The van der Waals surface area contributed by atoms with Crippen LogP contribution in [0, 0.1) is 0 Å². The molecule has 0 N–H and O–H groups in total. The maximum Gasteiger partial charge on any atom is 0.212 e. The first-order valence-electron chi connectivity index (χ1n) is 19.0. The summed E-state index contributed by atoms with van der Waals surface area (Å²) < 4.78 is 32.8. The number of hydrogen-bond acceptors (Lipinski definition) is 9. The Balaban J connectivity index is 1.08. The molecule has 0 radical (unpaired) electrons. The fraction of sp³-hybridized carbons (Fsp3) is 0.442. The van der Waals surface area contributed by atoms with E-state index in [2.05, 4.69) is 101 Å². The monoisotopic (exact) mass is 702 g/mol. The molecule has 1 fully saturated rings. The Labute approximate surface area is 307 Å². The summed E-state index contributed by atoms with van der Waals surface area (Å²) in [5, 5.41) is 0. The summed E-state index contributed by atoms with van der Waals surface area (Å²) in [7, 11) is 8.35. The van der Waals surface area contributed by atoms with Crippen LogP contribution in [0.2, 0.25) is 0 Å². The molecule has 0 saturated carbocycles. The fourth-order valence-corrected chi connectivity index (χ4v) is 8.70. The maximum absolute atomic E-state index is 6.98. The Morgan fingerprint density at radius 2 is 1.37 bits per heavy atom. The molecule has 9 heteroatoms. The zero-order chi connectivity index (χ0) is 35.3. The van der Waals surface area contributed by atoms with Crippen molar-refractivity contribution in [2.24, 2.45) is 0 Å². The summed E-state index contributed by atoms with van der Waals surface area (Å²) in [5.41, 5.74) is 7.46. The van der Waals surface area contributed by atoms with E-state index in [9.17, 15) is 0 Å². The lowest BCUT2D eigenvalue weighted by Crippen LogP contribution is -2.44. The second kappa shape index (κ2) is 13.9. The summed E-state index contributed by atoms with van der Waals surface area (Å²) in [6, 6.07) is 21.9. The minimum Gasteiger partial charge on any atom is -0.493 e. The van der Waals surface area contributed by atoms with Gasteiger partial charge in [-0.2, -0.15) is 0 Å². The van der Waals surface area contributed by atoms with Crippen molar-refractivity contribution in [3.8, 4) is 46.0 Å². The number of rotatable bonds is 6. The highest BCUT2D eigenvalue weighted by Gasteiger charge is 2.37. The molecule has 272 valence electrons. The third kappa shape index (κ3) is 6.38. The van der Waals surface area contributed by atoms with Crippen molar-refractivity contribution in [1.29, 1.82) is 0 Å². The molecule has 1 saturated heterocycles. The maximum atomic E-state index is 6.98. The minimum absolute atomic E-state index is 0.109. The van der Waals surface area contributed by atoms with Gasteiger partial charge in [-0.1, -0.05) is 18.2 Å². The lowest BCUT2D eigenvalue weighted by molar-refractivity contribution is 0.145. The van der Waals surface area contributed by atoms with Gasteiger partial charge >= 0.3 is 0 Å². The van der Waals surface area contributed by atoms with E-state index in [1.54, 1.807) is 7.11 Å². The van der Waals surface area contributed by atoms with Crippen molar-refractivity contribution < 1.29 is 23.7 Å². The molecule has 0 aliphatic carbocycles. The van der Waals surface area contributed by atoms with Gasteiger partial charge in [-0.05, 0) is 124 Å². The summed E-state index contributed by atoms with van der Waals surface area (Å²) in [6.45, 7) is 8.12. The Kier molecular flexibility index (Phi) is 8.99. The predicted molar refractivity (Wildman–Crippen MR) is 202 cm³/mol. The summed E-state index contributed by atoms with van der Waals surface area (Å²) in [6.07, 6.45) is 4.50. The molecule has 52 heavy (non-hydrogen) atoms. The smallest absolute Gasteiger partial charge is 0.212 e. The standard InChI is InChI=1S/C43H50N4O5/c1-44-17-19-47(20-18-44)14-5-21-49-36-11-8-29-23-34-33-27-39-38(25-30(33)12-15-45(34)2)51-42-40(48-4)26-31-13-16-46(3)35(41(31)43(42)52-39)22-28-6-9-32(10-7-28)50-37(36)24-29/h6-11,24-27,34-35H,5,12-23H2,1-4H3/t34-,35-/m0/s1. The molecular weight excluding hydrogens is 652 g/mol.